The number of aromatic nitrogens is 2. The van der Waals surface area contributed by atoms with Crippen molar-refractivity contribution in [1.29, 1.82) is 0 Å². The predicted molar refractivity (Wildman–Crippen MR) is 150 cm³/mol. The molecule has 172 valence electrons. The summed E-state index contributed by atoms with van der Waals surface area (Å²) in [6.07, 6.45) is 1.84. The molecule has 34 heavy (non-hydrogen) atoms. The number of nitrogens with zero attached hydrogens (tertiary/aromatic N) is 3. The van der Waals surface area contributed by atoms with Gasteiger partial charge in [0.15, 0.2) is 5.11 Å². The summed E-state index contributed by atoms with van der Waals surface area (Å²) < 4.78 is 4.45. The van der Waals surface area contributed by atoms with Gasteiger partial charge in [-0.05, 0) is 109 Å². The topological polar surface area (TPSA) is 33.1 Å². The number of anilines is 1. The van der Waals surface area contributed by atoms with E-state index in [0.717, 1.165) is 26.0 Å². The smallest absolute Gasteiger partial charge is 0.174 e. The molecule has 0 saturated carbocycles. The van der Waals surface area contributed by atoms with Crippen molar-refractivity contribution in [2.45, 2.75) is 32.9 Å². The molecule has 1 fully saturated rings. The first kappa shape index (κ1) is 23.3. The van der Waals surface area contributed by atoms with Crippen LogP contribution in [0.1, 0.15) is 40.3 Å². The summed E-state index contributed by atoms with van der Waals surface area (Å²) in [4.78, 5) is 6.93. The number of halogens is 2. The molecule has 3 heterocycles. The number of hydrogen-bond donors (Lipinski definition) is 1. The minimum absolute atomic E-state index is 0.0505. The quantitative estimate of drug-likeness (QED) is 0.248. The molecule has 2 atom stereocenters. The van der Waals surface area contributed by atoms with Crippen molar-refractivity contribution in [3.05, 3.63) is 110 Å². The van der Waals surface area contributed by atoms with Crippen LogP contribution >= 0.6 is 44.1 Å². The molecule has 0 amide bonds. The molecular formula is C27H24Br2N4S. The molecule has 0 spiro atoms. The van der Waals surface area contributed by atoms with Gasteiger partial charge in [-0.25, -0.2) is 0 Å². The highest BCUT2D eigenvalue weighted by atomic mass is 79.9. The van der Waals surface area contributed by atoms with E-state index in [2.05, 4.69) is 116 Å². The molecule has 2 aromatic carbocycles. The Morgan fingerprint density at radius 1 is 0.912 bits per heavy atom. The highest BCUT2D eigenvalue weighted by Gasteiger charge is 2.42. The summed E-state index contributed by atoms with van der Waals surface area (Å²) in [6.45, 7) is 6.44. The zero-order valence-electron chi connectivity index (χ0n) is 19.1. The van der Waals surface area contributed by atoms with Gasteiger partial charge in [0.25, 0.3) is 0 Å². The summed E-state index contributed by atoms with van der Waals surface area (Å²) in [7, 11) is 0. The highest BCUT2D eigenvalue weighted by molar-refractivity contribution is 9.10. The number of para-hydroxylation sites is 1. The van der Waals surface area contributed by atoms with Gasteiger partial charge in [-0.15, -0.1) is 0 Å². The third kappa shape index (κ3) is 4.00. The van der Waals surface area contributed by atoms with Crippen molar-refractivity contribution >= 4 is 54.9 Å². The van der Waals surface area contributed by atoms with Gasteiger partial charge in [0.05, 0.1) is 23.5 Å². The number of rotatable bonds is 4. The van der Waals surface area contributed by atoms with Crippen LogP contribution in [0.5, 0.6) is 0 Å². The minimum Gasteiger partial charge on any atom is -0.351 e. The lowest BCUT2D eigenvalue weighted by Crippen LogP contribution is -2.29. The Hall–Kier alpha value is -2.48. The molecule has 1 aliphatic heterocycles. The van der Waals surface area contributed by atoms with E-state index < -0.39 is 0 Å². The Morgan fingerprint density at radius 3 is 2.38 bits per heavy atom. The fourth-order valence-electron chi connectivity index (χ4n) is 4.82. The molecule has 1 N–H and O–H groups in total. The SMILES string of the molecule is Cc1cc(N2C(=S)N[C@@H](c3ccccn3)[C@H]2c2cc(C)n(-c3ccccc3Br)c2C)ccc1Br. The lowest BCUT2D eigenvalue weighted by atomic mass is 9.96. The molecule has 4 nitrogen and oxygen atoms in total. The molecule has 0 bridgehead atoms. The van der Waals surface area contributed by atoms with Crippen LogP contribution in [0.4, 0.5) is 5.69 Å². The molecule has 0 radical (unpaired) electrons. The zero-order chi connectivity index (χ0) is 24.0. The molecule has 7 heteroatoms. The average molecular weight is 596 g/mol. The van der Waals surface area contributed by atoms with Crippen LogP contribution in [0.25, 0.3) is 5.69 Å². The lowest BCUT2D eigenvalue weighted by molar-refractivity contribution is 0.565. The summed E-state index contributed by atoms with van der Waals surface area (Å²) >= 11 is 13.3. The highest BCUT2D eigenvalue weighted by Crippen LogP contribution is 2.44. The van der Waals surface area contributed by atoms with Crippen LogP contribution in [-0.4, -0.2) is 14.7 Å². The second-order valence-electron chi connectivity index (χ2n) is 8.54. The Bertz CT molecular complexity index is 1380. The molecule has 4 aromatic rings. The van der Waals surface area contributed by atoms with Gasteiger partial charge in [-0.3, -0.25) is 4.98 Å². The fraction of sp³-hybridized carbons (Fsp3) is 0.185. The Kier molecular flexibility index (Phi) is 6.35. The van der Waals surface area contributed by atoms with E-state index in [-0.39, 0.29) is 12.1 Å². The molecule has 1 aliphatic rings. The second-order valence-corrected chi connectivity index (χ2v) is 10.6. The zero-order valence-corrected chi connectivity index (χ0v) is 23.1. The van der Waals surface area contributed by atoms with E-state index >= 15 is 0 Å². The van der Waals surface area contributed by atoms with Crippen molar-refractivity contribution in [3.8, 4) is 5.69 Å². The first-order valence-electron chi connectivity index (χ1n) is 11.1. The van der Waals surface area contributed by atoms with Gasteiger partial charge in [-0.2, -0.15) is 0 Å². The third-order valence-corrected chi connectivity index (χ3v) is 8.27. The molecule has 0 unspecified atom stereocenters. The van der Waals surface area contributed by atoms with Crippen molar-refractivity contribution < 1.29 is 0 Å². The van der Waals surface area contributed by atoms with E-state index in [1.54, 1.807) is 0 Å². The minimum atomic E-state index is -0.0779. The van der Waals surface area contributed by atoms with E-state index in [1.807, 2.05) is 24.4 Å². The van der Waals surface area contributed by atoms with E-state index in [9.17, 15) is 0 Å². The van der Waals surface area contributed by atoms with Crippen molar-refractivity contribution in [3.63, 3.8) is 0 Å². The lowest BCUT2D eigenvalue weighted by Gasteiger charge is -2.28. The first-order valence-corrected chi connectivity index (χ1v) is 13.1. The summed E-state index contributed by atoms with van der Waals surface area (Å²) in [6, 6.07) is 22.9. The Morgan fingerprint density at radius 2 is 1.68 bits per heavy atom. The summed E-state index contributed by atoms with van der Waals surface area (Å²) in [5.74, 6) is 0. The fourth-order valence-corrected chi connectivity index (χ4v) is 5.87. The standard InChI is InChI=1S/C27H24Br2N4S/c1-16-14-19(11-12-21(16)28)33-26(25(31-27(33)34)23-9-6-7-13-30-23)20-15-17(2)32(18(20)3)24-10-5-4-8-22(24)29/h4-15,25-26H,1-3H3,(H,31,34)/t25-,26+/m0/s1. The van der Waals surface area contributed by atoms with Gasteiger partial charge in [0.1, 0.15) is 0 Å². The molecule has 0 aliphatic carbocycles. The monoisotopic (exact) mass is 594 g/mol. The number of benzene rings is 2. The normalized spacial score (nSPS) is 17.8. The van der Waals surface area contributed by atoms with E-state index in [0.29, 0.717) is 5.11 Å². The van der Waals surface area contributed by atoms with Crippen LogP contribution in [-0.2, 0) is 0 Å². The molecule has 5 rings (SSSR count). The average Bonchev–Trinajstić information content (AvgIpc) is 3.32. The van der Waals surface area contributed by atoms with Crippen LogP contribution in [0.2, 0.25) is 0 Å². The van der Waals surface area contributed by atoms with Gasteiger partial charge in [0.2, 0.25) is 0 Å². The number of thiocarbonyl (C=S) groups is 1. The summed E-state index contributed by atoms with van der Waals surface area (Å²) in [5, 5.41) is 4.28. The second kappa shape index (κ2) is 9.29. The maximum atomic E-state index is 5.91. The number of hydrogen-bond acceptors (Lipinski definition) is 2. The van der Waals surface area contributed by atoms with Gasteiger partial charge < -0.3 is 14.8 Å². The molecule has 1 saturated heterocycles. The van der Waals surface area contributed by atoms with Crippen molar-refractivity contribution in [2.75, 3.05) is 4.90 Å². The largest absolute Gasteiger partial charge is 0.351 e. The molecular weight excluding hydrogens is 572 g/mol. The maximum Gasteiger partial charge on any atom is 0.174 e. The first-order chi connectivity index (χ1) is 16.4. The molecule has 2 aromatic heterocycles. The van der Waals surface area contributed by atoms with Crippen LogP contribution in [0.3, 0.4) is 0 Å². The van der Waals surface area contributed by atoms with Crippen LogP contribution in [0.15, 0.2) is 81.9 Å². The van der Waals surface area contributed by atoms with Crippen LogP contribution < -0.4 is 10.2 Å². The Balaban J connectivity index is 1.70. The van der Waals surface area contributed by atoms with Crippen molar-refractivity contribution in [2.24, 2.45) is 0 Å². The maximum absolute atomic E-state index is 5.91. The number of nitrogens with one attached hydrogen (secondary N) is 1. The number of aryl methyl sites for hydroxylation is 2. The third-order valence-electron chi connectivity index (χ3n) is 6.40. The van der Waals surface area contributed by atoms with E-state index in [4.69, 9.17) is 17.2 Å². The van der Waals surface area contributed by atoms with Crippen molar-refractivity contribution in [1.82, 2.24) is 14.9 Å². The Labute approximate surface area is 222 Å². The summed E-state index contributed by atoms with van der Waals surface area (Å²) in [5.41, 5.74) is 7.89. The van der Waals surface area contributed by atoms with Gasteiger partial charge in [-0.1, -0.05) is 34.1 Å². The van der Waals surface area contributed by atoms with E-state index in [1.165, 1.54) is 22.5 Å². The number of pyridine rings is 1. The predicted octanol–water partition coefficient (Wildman–Crippen LogP) is 7.50. The van der Waals surface area contributed by atoms with Gasteiger partial charge in [0, 0.05) is 32.2 Å². The van der Waals surface area contributed by atoms with Crippen LogP contribution in [0, 0.1) is 20.8 Å². The van der Waals surface area contributed by atoms with Gasteiger partial charge >= 0.3 is 0 Å².